The second-order valence-electron chi connectivity index (χ2n) is 4.19. The minimum atomic E-state index is 0.120. The van der Waals surface area contributed by atoms with Gasteiger partial charge in [0.25, 0.3) is 0 Å². The molecule has 2 rings (SSSR count). The fraction of sp³-hybridized carbons (Fsp3) is 0.364. The highest BCUT2D eigenvalue weighted by Gasteiger charge is 2.16. The smallest absolute Gasteiger partial charge is 0.123 e. The van der Waals surface area contributed by atoms with Crippen LogP contribution in [0, 0.1) is 0 Å². The maximum Gasteiger partial charge on any atom is 0.123 e. The Morgan fingerprint density at radius 2 is 2.15 bits per heavy atom. The van der Waals surface area contributed by atoms with Gasteiger partial charge >= 0.3 is 0 Å². The van der Waals surface area contributed by atoms with E-state index < -0.39 is 0 Å². The van der Waals surface area contributed by atoms with Gasteiger partial charge < -0.3 is 0 Å². The molecule has 68 valence electrons. The Hall–Kier alpha value is -0.890. The molecule has 0 bridgehead atoms. The zero-order chi connectivity index (χ0) is 10.3. The molecule has 2 aromatic rings. The first-order chi connectivity index (χ1) is 6.48. The van der Waals surface area contributed by atoms with Crippen LogP contribution in [0.25, 0.3) is 10.2 Å². The summed E-state index contributed by atoms with van der Waals surface area (Å²) in [5, 5.41) is 1.72. The lowest BCUT2D eigenvalue weighted by Crippen LogP contribution is -2.11. The molecule has 1 nitrogen and oxygen atoms in total. The van der Waals surface area contributed by atoms with E-state index >= 15 is 0 Å². The van der Waals surface area contributed by atoms with Crippen LogP contribution < -0.4 is 0 Å². The van der Waals surface area contributed by atoms with Crippen LogP contribution in [0.5, 0.6) is 0 Å². The van der Waals surface area contributed by atoms with Gasteiger partial charge in [-0.1, -0.05) is 20.8 Å². The number of fused-ring (bicyclic) bond motifs is 1. The molecule has 0 aromatic carbocycles. The highest BCUT2D eigenvalue weighted by atomic mass is 32.1. The average molecular weight is 192 g/mol. The molecule has 0 N–H and O–H groups in total. The first kappa shape index (κ1) is 7.51. The molecule has 2 aromatic heterocycles. The Labute approximate surface area is 83.8 Å². The Kier molecular flexibility index (Phi) is 1.62. The summed E-state index contributed by atoms with van der Waals surface area (Å²) in [7, 11) is 0. The molecular formula is C11H13NS. The topological polar surface area (TPSA) is 12.9 Å². The maximum absolute atomic E-state index is 7.60. The summed E-state index contributed by atoms with van der Waals surface area (Å²) in [6.07, 6.45) is 1.83. The number of aromatic nitrogens is 1. The van der Waals surface area contributed by atoms with Gasteiger partial charge in [-0.15, -0.1) is 11.3 Å². The molecule has 13 heavy (non-hydrogen) atoms. The van der Waals surface area contributed by atoms with E-state index in [1.165, 1.54) is 16.9 Å². The van der Waals surface area contributed by atoms with E-state index in [-0.39, 0.29) is 5.41 Å². The third-order valence-electron chi connectivity index (χ3n) is 2.12. The van der Waals surface area contributed by atoms with Crippen molar-refractivity contribution in [3.63, 3.8) is 0 Å². The summed E-state index contributed by atoms with van der Waals surface area (Å²) >= 11 is 1.44. The average Bonchev–Trinajstić information content (AvgIpc) is 2.41. The van der Waals surface area contributed by atoms with Crippen LogP contribution in [-0.4, -0.2) is 4.98 Å². The van der Waals surface area contributed by atoms with Crippen LogP contribution in [0.4, 0.5) is 0 Å². The minimum absolute atomic E-state index is 0.120. The van der Waals surface area contributed by atoms with Gasteiger partial charge in [0.05, 0.1) is 1.37 Å². The number of hydrogen-bond acceptors (Lipinski definition) is 2. The summed E-state index contributed by atoms with van der Waals surface area (Å²) in [6, 6.07) is 3.96. The fourth-order valence-corrected chi connectivity index (χ4v) is 2.15. The zero-order valence-electron chi connectivity index (χ0n) is 9.09. The van der Waals surface area contributed by atoms with Gasteiger partial charge in [0.15, 0.2) is 0 Å². The van der Waals surface area contributed by atoms with Crippen molar-refractivity contribution in [2.75, 3.05) is 0 Å². The van der Waals surface area contributed by atoms with Gasteiger partial charge in [-0.05, 0) is 28.5 Å². The van der Waals surface area contributed by atoms with Gasteiger partial charge in [-0.25, -0.2) is 4.98 Å². The van der Waals surface area contributed by atoms with Gasteiger partial charge in [0.2, 0.25) is 0 Å². The van der Waals surface area contributed by atoms with E-state index in [2.05, 4.69) is 31.8 Å². The first-order valence-corrected chi connectivity index (χ1v) is 5.16. The van der Waals surface area contributed by atoms with Crippen LogP contribution in [-0.2, 0) is 5.41 Å². The van der Waals surface area contributed by atoms with Crippen LogP contribution in [0.2, 0.25) is 0 Å². The highest BCUT2D eigenvalue weighted by molar-refractivity contribution is 7.16. The van der Waals surface area contributed by atoms with E-state index in [1.54, 1.807) is 0 Å². The maximum atomic E-state index is 7.60. The second-order valence-corrected chi connectivity index (χ2v) is 5.02. The van der Waals surface area contributed by atoms with E-state index in [1.807, 2.05) is 12.3 Å². The molecule has 0 unspecified atom stereocenters. The van der Waals surface area contributed by atoms with Crippen LogP contribution in [0.15, 0.2) is 23.7 Å². The molecule has 0 saturated heterocycles. The van der Waals surface area contributed by atoms with Gasteiger partial charge in [0.1, 0.15) is 4.83 Å². The van der Waals surface area contributed by atoms with Gasteiger partial charge in [-0.3, -0.25) is 0 Å². The molecule has 0 aliphatic carbocycles. The van der Waals surface area contributed by atoms with Gasteiger partial charge in [0, 0.05) is 11.6 Å². The lowest BCUT2D eigenvalue weighted by atomic mass is 9.86. The SMILES string of the molecule is [2H]c1cc2c(C(C)(C)C)ccnc2s1. The van der Waals surface area contributed by atoms with E-state index in [4.69, 9.17) is 1.37 Å². The predicted molar refractivity (Wildman–Crippen MR) is 58.3 cm³/mol. The van der Waals surface area contributed by atoms with Crippen molar-refractivity contribution in [3.8, 4) is 0 Å². The Balaban J connectivity index is 2.77. The molecule has 2 heteroatoms. The molecular weight excluding hydrogens is 178 g/mol. The molecule has 0 spiro atoms. The Morgan fingerprint density at radius 3 is 2.85 bits per heavy atom. The number of nitrogens with zero attached hydrogens (tertiary/aromatic N) is 1. The largest absolute Gasteiger partial charge is 0.245 e. The first-order valence-electron chi connectivity index (χ1n) is 4.84. The van der Waals surface area contributed by atoms with E-state index in [0.717, 1.165) is 10.2 Å². The Morgan fingerprint density at radius 1 is 1.38 bits per heavy atom. The fourth-order valence-electron chi connectivity index (χ4n) is 1.47. The van der Waals surface area contributed by atoms with E-state index in [9.17, 15) is 0 Å². The zero-order valence-corrected chi connectivity index (χ0v) is 8.90. The summed E-state index contributed by atoms with van der Waals surface area (Å²) in [5.41, 5.74) is 1.39. The molecule has 0 radical (unpaired) electrons. The van der Waals surface area contributed by atoms with Crippen molar-refractivity contribution in [2.24, 2.45) is 0 Å². The standard InChI is InChI=1S/C11H13NS/c1-11(2,3)9-4-6-12-10-8(9)5-7-13-10/h4-7H,1-3H3/i7D. The highest BCUT2D eigenvalue weighted by Crippen LogP contribution is 2.30. The second kappa shape index (κ2) is 2.81. The normalized spacial score (nSPS) is 13.3. The van der Waals surface area contributed by atoms with Crippen LogP contribution in [0.1, 0.15) is 27.7 Å². The molecule has 0 aliphatic rings. The monoisotopic (exact) mass is 192 g/mol. The van der Waals surface area contributed by atoms with Crippen LogP contribution in [0.3, 0.4) is 0 Å². The number of pyridine rings is 1. The van der Waals surface area contributed by atoms with Crippen molar-refractivity contribution in [1.29, 1.82) is 0 Å². The van der Waals surface area contributed by atoms with Crippen molar-refractivity contribution >= 4 is 21.6 Å². The van der Waals surface area contributed by atoms with Crippen molar-refractivity contribution in [2.45, 2.75) is 26.2 Å². The van der Waals surface area contributed by atoms with Crippen molar-refractivity contribution in [3.05, 3.63) is 29.2 Å². The molecule has 0 saturated carbocycles. The Bertz CT molecular complexity index is 468. The number of hydrogen-bond donors (Lipinski definition) is 0. The molecule has 0 amide bonds. The number of thiophene rings is 1. The third kappa shape index (κ3) is 1.46. The molecule has 0 fully saturated rings. The van der Waals surface area contributed by atoms with Crippen molar-refractivity contribution < 1.29 is 1.37 Å². The minimum Gasteiger partial charge on any atom is -0.245 e. The lowest BCUT2D eigenvalue weighted by molar-refractivity contribution is 0.595. The summed E-state index contributed by atoms with van der Waals surface area (Å²) in [4.78, 5) is 5.25. The number of rotatable bonds is 0. The predicted octanol–water partition coefficient (Wildman–Crippen LogP) is 3.59. The summed E-state index contributed by atoms with van der Waals surface area (Å²) in [5.74, 6) is 0. The molecule has 0 atom stereocenters. The van der Waals surface area contributed by atoms with E-state index in [0.29, 0.717) is 5.36 Å². The molecule has 0 aliphatic heterocycles. The van der Waals surface area contributed by atoms with Gasteiger partial charge in [-0.2, -0.15) is 0 Å². The molecule has 2 heterocycles. The third-order valence-corrected chi connectivity index (χ3v) is 2.87. The summed E-state index contributed by atoms with van der Waals surface area (Å²) < 4.78 is 7.60. The summed E-state index contributed by atoms with van der Waals surface area (Å²) in [6.45, 7) is 6.55. The quantitative estimate of drug-likeness (QED) is 0.621. The van der Waals surface area contributed by atoms with Crippen LogP contribution >= 0.6 is 11.3 Å². The lowest BCUT2D eigenvalue weighted by Gasteiger charge is -2.19. The van der Waals surface area contributed by atoms with Crippen molar-refractivity contribution in [1.82, 2.24) is 4.98 Å².